The third kappa shape index (κ3) is 5.48. The SMILES string of the molecule is CCCN(CCC(=O)N1CCNCC1)Cc1ccccc1. The first-order valence-electron chi connectivity index (χ1n) is 8.04. The smallest absolute Gasteiger partial charge is 0.223 e. The number of amides is 1. The maximum atomic E-state index is 12.2. The fourth-order valence-electron chi connectivity index (χ4n) is 2.75. The van der Waals surface area contributed by atoms with Crippen LogP contribution in [0.25, 0.3) is 0 Å². The topological polar surface area (TPSA) is 35.6 Å². The summed E-state index contributed by atoms with van der Waals surface area (Å²) in [6, 6.07) is 10.5. The van der Waals surface area contributed by atoms with E-state index >= 15 is 0 Å². The number of carbonyl (C=O) groups excluding carboxylic acids is 1. The second-order valence-corrected chi connectivity index (χ2v) is 5.64. The quantitative estimate of drug-likeness (QED) is 0.830. The zero-order valence-electron chi connectivity index (χ0n) is 13.1. The molecule has 2 rings (SSSR count). The van der Waals surface area contributed by atoms with E-state index in [9.17, 15) is 4.79 Å². The predicted octanol–water partition coefficient (Wildman–Crippen LogP) is 1.72. The lowest BCUT2D eigenvalue weighted by atomic mass is 10.2. The minimum atomic E-state index is 0.297. The van der Waals surface area contributed by atoms with Crippen LogP contribution in [0.4, 0.5) is 0 Å². The standard InChI is InChI=1S/C17H27N3O/c1-2-11-19(15-16-6-4-3-5-7-16)12-8-17(21)20-13-9-18-10-14-20/h3-7,18H,2,8-15H2,1H3. The molecule has 1 N–H and O–H groups in total. The molecule has 0 aromatic heterocycles. The van der Waals surface area contributed by atoms with Crippen molar-refractivity contribution in [2.45, 2.75) is 26.3 Å². The number of nitrogens with zero attached hydrogens (tertiary/aromatic N) is 2. The normalized spacial score (nSPS) is 15.4. The van der Waals surface area contributed by atoms with Crippen molar-refractivity contribution in [2.75, 3.05) is 39.3 Å². The van der Waals surface area contributed by atoms with Crippen molar-refractivity contribution >= 4 is 5.91 Å². The Morgan fingerprint density at radius 1 is 1.19 bits per heavy atom. The Morgan fingerprint density at radius 2 is 1.90 bits per heavy atom. The summed E-state index contributed by atoms with van der Waals surface area (Å²) in [6.45, 7) is 8.58. The monoisotopic (exact) mass is 289 g/mol. The van der Waals surface area contributed by atoms with Gasteiger partial charge < -0.3 is 10.2 Å². The van der Waals surface area contributed by atoms with Crippen molar-refractivity contribution in [3.63, 3.8) is 0 Å². The van der Waals surface area contributed by atoms with Gasteiger partial charge >= 0.3 is 0 Å². The van der Waals surface area contributed by atoms with Crippen LogP contribution in [0.5, 0.6) is 0 Å². The molecule has 1 aromatic rings. The van der Waals surface area contributed by atoms with Crippen molar-refractivity contribution in [2.24, 2.45) is 0 Å². The zero-order valence-corrected chi connectivity index (χ0v) is 13.1. The van der Waals surface area contributed by atoms with Crippen LogP contribution >= 0.6 is 0 Å². The lowest BCUT2D eigenvalue weighted by Gasteiger charge is -2.29. The molecule has 1 saturated heterocycles. The number of rotatable bonds is 7. The molecular weight excluding hydrogens is 262 g/mol. The van der Waals surface area contributed by atoms with Gasteiger partial charge in [0.05, 0.1) is 0 Å². The Labute approximate surface area is 128 Å². The Bertz CT molecular complexity index is 415. The number of benzene rings is 1. The van der Waals surface area contributed by atoms with Crippen molar-refractivity contribution < 1.29 is 4.79 Å². The van der Waals surface area contributed by atoms with Crippen molar-refractivity contribution in [1.29, 1.82) is 0 Å². The molecule has 4 nitrogen and oxygen atoms in total. The number of hydrogen-bond acceptors (Lipinski definition) is 3. The number of hydrogen-bond donors (Lipinski definition) is 1. The van der Waals surface area contributed by atoms with Gasteiger partial charge in [0.1, 0.15) is 0 Å². The van der Waals surface area contributed by atoms with Gasteiger partial charge in [-0.25, -0.2) is 0 Å². The molecule has 1 heterocycles. The highest BCUT2D eigenvalue weighted by Gasteiger charge is 2.17. The molecule has 0 unspecified atom stereocenters. The van der Waals surface area contributed by atoms with Gasteiger partial charge in [-0.05, 0) is 18.5 Å². The van der Waals surface area contributed by atoms with Crippen molar-refractivity contribution in [3.8, 4) is 0 Å². The van der Waals surface area contributed by atoms with Gasteiger partial charge in [-0.1, -0.05) is 37.3 Å². The summed E-state index contributed by atoms with van der Waals surface area (Å²) in [5.41, 5.74) is 1.32. The Kier molecular flexibility index (Phi) is 6.70. The fraction of sp³-hybridized carbons (Fsp3) is 0.588. The Morgan fingerprint density at radius 3 is 2.57 bits per heavy atom. The molecule has 1 fully saturated rings. The third-order valence-corrected chi connectivity index (χ3v) is 3.90. The van der Waals surface area contributed by atoms with Gasteiger partial charge in [0, 0.05) is 45.7 Å². The minimum absolute atomic E-state index is 0.297. The molecule has 116 valence electrons. The predicted molar refractivity (Wildman–Crippen MR) is 86.1 cm³/mol. The first-order valence-corrected chi connectivity index (χ1v) is 8.04. The first kappa shape index (κ1) is 16.0. The van der Waals surface area contributed by atoms with Crippen LogP contribution in [0, 0.1) is 0 Å². The van der Waals surface area contributed by atoms with E-state index in [0.717, 1.165) is 52.2 Å². The average Bonchev–Trinajstić information content (AvgIpc) is 2.54. The molecule has 0 atom stereocenters. The summed E-state index contributed by atoms with van der Waals surface area (Å²) in [7, 11) is 0. The molecule has 1 aliphatic heterocycles. The molecule has 0 radical (unpaired) electrons. The molecule has 1 amide bonds. The lowest BCUT2D eigenvalue weighted by molar-refractivity contribution is -0.132. The van der Waals surface area contributed by atoms with E-state index in [0.29, 0.717) is 12.3 Å². The summed E-state index contributed by atoms with van der Waals surface area (Å²) in [5, 5.41) is 3.28. The second-order valence-electron chi connectivity index (χ2n) is 5.64. The van der Waals surface area contributed by atoms with Crippen LogP contribution < -0.4 is 5.32 Å². The molecular formula is C17H27N3O. The zero-order chi connectivity index (χ0) is 14.9. The van der Waals surface area contributed by atoms with E-state index in [1.54, 1.807) is 0 Å². The summed E-state index contributed by atoms with van der Waals surface area (Å²) in [6.07, 6.45) is 1.75. The van der Waals surface area contributed by atoms with Crippen LogP contribution in [-0.2, 0) is 11.3 Å². The van der Waals surface area contributed by atoms with E-state index < -0.39 is 0 Å². The summed E-state index contributed by atoms with van der Waals surface area (Å²) >= 11 is 0. The Hall–Kier alpha value is -1.39. The lowest BCUT2D eigenvalue weighted by Crippen LogP contribution is -2.47. The fourth-order valence-corrected chi connectivity index (χ4v) is 2.75. The van der Waals surface area contributed by atoms with E-state index in [1.165, 1.54) is 5.56 Å². The number of nitrogens with one attached hydrogen (secondary N) is 1. The third-order valence-electron chi connectivity index (χ3n) is 3.90. The van der Waals surface area contributed by atoms with Crippen LogP contribution in [0.1, 0.15) is 25.3 Å². The average molecular weight is 289 g/mol. The largest absolute Gasteiger partial charge is 0.340 e. The van der Waals surface area contributed by atoms with E-state index in [2.05, 4.69) is 41.4 Å². The minimum Gasteiger partial charge on any atom is -0.340 e. The van der Waals surface area contributed by atoms with Gasteiger partial charge in [0.2, 0.25) is 5.91 Å². The van der Waals surface area contributed by atoms with Crippen LogP contribution in [0.2, 0.25) is 0 Å². The van der Waals surface area contributed by atoms with Crippen molar-refractivity contribution in [1.82, 2.24) is 15.1 Å². The summed E-state index contributed by atoms with van der Waals surface area (Å²) in [5.74, 6) is 0.297. The highest BCUT2D eigenvalue weighted by atomic mass is 16.2. The van der Waals surface area contributed by atoms with Crippen LogP contribution in [0.3, 0.4) is 0 Å². The maximum absolute atomic E-state index is 12.2. The Balaban J connectivity index is 1.80. The highest BCUT2D eigenvalue weighted by Crippen LogP contribution is 2.07. The summed E-state index contributed by atoms with van der Waals surface area (Å²) in [4.78, 5) is 16.6. The highest BCUT2D eigenvalue weighted by molar-refractivity contribution is 5.76. The molecule has 4 heteroatoms. The van der Waals surface area contributed by atoms with Crippen LogP contribution in [0.15, 0.2) is 30.3 Å². The van der Waals surface area contributed by atoms with E-state index in [1.807, 2.05) is 11.0 Å². The second kappa shape index (κ2) is 8.80. The maximum Gasteiger partial charge on any atom is 0.223 e. The van der Waals surface area contributed by atoms with Gasteiger partial charge in [0.15, 0.2) is 0 Å². The molecule has 0 bridgehead atoms. The number of carbonyl (C=O) groups is 1. The van der Waals surface area contributed by atoms with Crippen molar-refractivity contribution in [3.05, 3.63) is 35.9 Å². The van der Waals surface area contributed by atoms with Gasteiger partial charge in [-0.3, -0.25) is 9.69 Å². The molecule has 21 heavy (non-hydrogen) atoms. The van der Waals surface area contributed by atoms with E-state index in [4.69, 9.17) is 0 Å². The molecule has 1 aliphatic rings. The summed E-state index contributed by atoms with van der Waals surface area (Å²) < 4.78 is 0. The van der Waals surface area contributed by atoms with Gasteiger partial charge in [0.25, 0.3) is 0 Å². The molecule has 0 saturated carbocycles. The van der Waals surface area contributed by atoms with Crippen LogP contribution in [-0.4, -0.2) is 55.0 Å². The number of piperazine rings is 1. The van der Waals surface area contributed by atoms with E-state index in [-0.39, 0.29) is 0 Å². The molecule has 0 spiro atoms. The first-order chi connectivity index (χ1) is 10.3. The molecule has 1 aromatic carbocycles. The van der Waals surface area contributed by atoms with Gasteiger partial charge in [-0.2, -0.15) is 0 Å². The van der Waals surface area contributed by atoms with Gasteiger partial charge in [-0.15, -0.1) is 0 Å². The molecule has 0 aliphatic carbocycles.